The topological polar surface area (TPSA) is 204 Å². The van der Waals surface area contributed by atoms with E-state index in [1.54, 1.807) is 39.7 Å². The van der Waals surface area contributed by atoms with Crippen molar-refractivity contribution in [3.63, 3.8) is 0 Å². The van der Waals surface area contributed by atoms with Gasteiger partial charge in [-0.15, -0.1) is 32.9 Å². The van der Waals surface area contributed by atoms with Crippen LogP contribution in [0.2, 0.25) is 5.02 Å². The maximum Gasteiger partial charge on any atom is 0.254 e. The number of unbranched alkanes of at least 4 members (excludes halogenated alkanes) is 1. The van der Waals surface area contributed by atoms with E-state index in [0.29, 0.717) is 53.9 Å². The maximum atomic E-state index is 14.2. The number of benzene rings is 3. The molecular formula is C54H59ClN10O6S2. The molecule has 19 heteroatoms. The number of aryl methyl sites for hydroxylation is 3. The number of aliphatic hydroxyl groups excluding tert-OH is 1. The van der Waals surface area contributed by atoms with Gasteiger partial charge in [0.05, 0.1) is 34.3 Å². The number of carbonyl (C=O) groups is 5. The van der Waals surface area contributed by atoms with E-state index in [1.807, 2.05) is 99.3 Å². The number of fused-ring (bicyclic) bond motifs is 4. The second-order valence-corrected chi connectivity index (χ2v) is 22.7. The number of nitrogens with zero attached hydrogens (tertiary/aromatic N) is 7. The van der Waals surface area contributed by atoms with Gasteiger partial charge in [0, 0.05) is 71.3 Å². The first kappa shape index (κ1) is 51.3. The zero-order valence-corrected chi connectivity index (χ0v) is 44.3. The number of likely N-dealkylation sites (tertiary alicyclic amines) is 1. The third kappa shape index (κ3) is 10.9. The van der Waals surface area contributed by atoms with Gasteiger partial charge in [-0.25, -0.2) is 4.98 Å². The van der Waals surface area contributed by atoms with Crippen molar-refractivity contribution in [1.29, 1.82) is 0 Å². The highest BCUT2D eigenvalue weighted by Crippen LogP contribution is 2.40. The van der Waals surface area contributed by atoms with E-state index in [9.17, 15) is 29.1 Å². The Morgan fingerprint density at radius 1 is 0.932 bits per heavy atom. The quantitative estimate of drug-likeness (QED) is 0.0731. The molecule has 3 aliphatic rings. The van der Waals surface area contributed by atoms with Crippen LogP contribution in [0.1, 0.15) is 119 Å². The second kappa shape index (κ2) is 21.1. The molecule has 4 N–H and O–H groups in total. The molecule has 1 fully saturated rings. The summed E-state index contributed by atoms with van der Waals surface area (Å²) >= 11 is 9.48. The number of aliphatic hydroxyl groups is 1. The van der Waals surface area contributed by atoms with Crippen molar-refractivity contribution in [2.45, 2.75) is 118 Å². The first-order valence-corrected chi connectivity index (χ1v) is 26.6. The van der Waals surface area contributed by atoms with Crippen molar-refractivity contribution in [2.75, 3.05) is 18.4 Å². The number of anilines is 1. The summed E-state index contributed by atoms with van der Waals surface area (Å²) in [5.41, 5.74) is 9.49. The second-order valence-electron chi connectivity index (χ2n) is 20.2. The molecular weight excluding hydrogens is 984 g/mol. The Bertz CT molecular complexity index is 3140. The van der Waals surface area contributed by atoms with Crippen LogP contribution in [0, 0.1) is 33.1 Å². The SMILES string of the molecule is Cc1ncsc1-c1ccc(CNC(=O)[C@@H]2C[C@@H](O)CN2C(=O)[C@@H](NC(=O)CCCCN2Cc3ccc(NC(=O)C[C@@H]4N=C(c5ccc(Cl)cc5)c5c(sc(C)c5C)-n5c(C)nnc54)cc3C2=O)C(C)(C)C)cc1. The Morgan fingerprint density at radius 2 is 1.67 bits per heavy atom. The van der Waals surface area contributed by atoms with Gasteiger partial charge in [-0.2, -0.15) is 0 Å². The lowest BCUT2D eigenvalue weighted by Gasteiger charge is -2.35. The van der Waals surface area contributed by atoms with Gasteiger partial charge < -0.3 is 30.9 Å². The maximum absolute atomic E-state index is 14.2. The monoisotopic (exact) mass is 1040 g/mol. The summed E-state index contributed by atoms with van der Waals surface area (Å²) in [5, 5.41) is 30.0. The van der Waals surface area contributed by atoms with Crippen molar-refractivity contribution in [1.82, 2.24) is 40.2 Å². The van der Waals surface area contributed by atoms with Crippen molar-refractivity contribution in [3.8, 4) is 15.4 Å². The third-order valence-electron chi connectivity index (χ3n) is 13.8. The van der Waals surface area contributed by atoms with Gasteiger partial charge in [-0.1, -0.05) is 74.8 Å². The van der Waals surface area contributed by atoms with Gasteiger partial charge in [0.2, 0.25) is 23.6 Å². The van der Waals surface area contributed by atoms with Gasteiger partial charge in [0.1, 0.15) is 29.0 Å². The number of halogens is 1. The number of aliphatic imine (C=N–C) groups is 1. The third-order valence-corrected chi connectivity index (χ3v) is 16.2. The summed E-state index contributed by atoms with van der Waals surface area (Å²) in [6.07, 6.45) is 0.293. The van der Waals surface area contributed by atoms with Crippen LogP contribution >= 0.6 is 34.3 Å². The van der Waals surface area contributed by atoms with E-state index in [-0.39, 0.29) is 56.0 Å². The van der Waals surface area contributed by atoms with E-state index >= 15 is 0 Å². The Kier molecular flexibility index (Phi) is 14.8. The standard InChI is InChI=1S/C54H59ClN10O6S2/c1-29-31(3)73-53-45(29)46(34-15-18-37(55)19-16-34)59-41(49-62-61-32(4)65(49)53)24-44(68)58-38-20-17-36-26-63(51(70)40(36)22-38)21-9-8-10-43(67)60-48(54(5,6)7)52(71)64-27-39(66)23-42(64)50(69)56-25-33-11-13-35(14-12-33)47-30(2)57-28-72-47/h11-20,22,28,39,41-42,48,66H,8-10,21,23-27H2,1-7H3,(H,56,69)(H,58,68)(H,60,67)/t39-,41+,42+,48-/m1/s1. The minimum atomic E-state index is -0.952. The van der Waals surface area contributed by atoms with Gasteiger partial charge in [0.15, 0.2) is 5.82 Å². The number of nitrogens with one attached hydrogen (secondary N) is 3. The van der Waals surface area contributed by atoms with Crippen molar-refractivity contribution < 1.29 is 29.1 Å². The molecule has 1 saturated heterocycles. The summed E-state index contributed by atoms with van der Waals surface area (Å²) in [4.78, 5) is 83.6. The lowest BCUT2D eigenvalue weighted by Crippen LogP contribution is -2.57. The molecule has 0 aliphatic carbocycles. The van der Waals surface area contributed by atoms with E-state index in [2.05, 4.69) is 45.0 Å². The summed E-state index contributed by atoms with van der Waals surface area (Å²) in [7, 11) is 0. The van der Waals surface area contributed by atoms with E-state index in [1.165, 1.54) is 4.90 Å². The zero-order chi connectivity index (χ0) is 51.9. The molecule has 73 heavy (non-hydrogen) atoms. The average Bonchev–Trinajstić information content (AvgIpc) is 4.17. The molecule has 9 rings (SSSR count). The molecule has 0 bridgehead atoms. The number of aromatic nitrogens is 4. The number of carbonyl (C=O) groups excluding carboxylic acids is 5. The van der Waals surface area contributed by atoms with E-state index in [0.717, 1.165) is 59.5 Å². The molecule has 0 spiro atoms. The lowest BCUT2D eigenvalue weighted by molar-refractivity contribution is -0.144. The number of hydrogen-bond acceptors (Lipinski definition) is 12. The molecule has 0 radical (unpaired) electrons. The molecule has 6 aromatic rings. The van der Waals surface area contributed by atoms with Gasteiger partial charge in [-0.3, -0.25) is 33.5 Å². The van der Waals surface area contributed by atoms with E-state index < -0.39 is 35.6 Å². The molecule has 0 saturated carbocycles. The molecule has 5 amide bonds. The minimum Gasteiger partial charge on any atom is -0.391 e. The number of rotatable bonds is 15. The van der Waals surface area contributed by atoms with Crippen LogP contribution in [0.4, 0.5) is 5.69 Å². The number of thiophene rings is 1. The normalized spacial score (nSPS) is 17.6. The van der Waals surface area contributed by atoms with Crippen LogP contribution in [0.25, 0.3) is 15.4 Å². The molecule has 3 aliphatic heterocycles. The fourth-order valence-corrected chi connectivity index (χ4v) is 11.9. The highest BCUT2D eigenvalue weighted by Gasteiger charge is 2.44. The summed E-state index contributed by atoms with van der Waals surface area (Å²) in [5.74, 6) is -0.340. The minimum absolute atomic E-state index is 0.0223. The summed E-state index contributed by atoms with van der Waals surface area (Å²) < 4.78 is 2.00. The fraction of sp³-hybridized carbons (Fsp3) is 0.389. The summed E-state index contributed by atoms with van der Waals surface area (Å²) in [6.45, 7) is 14.6. The molecule has 16 nitrogen and oxygen atoms in total. The van der Waals surface area contributed by atoms with Crippen molar-refractivity contribution >= 4 is 75.2 Å². The molecule has 0 unspecified atom stereocenters. The fourth-order valence-electron chi connectivity index (χ4n) is 9.74. The van der Waals surface area contributed by atoms with Crippen LogP contribution < -0.4 is 16.0 Å². The number of thiazole rings is 1. The van der Waals surface area contributed by atoms with Crippen molar-refractivity contribution in [2.24, 2.45) is 10.4 Å². The zero-order valence-electron chi connectivity index (χ0n) is 41.9. The summed E-state index contributed by atoms with van der Waals surface area (Å²) in [6, 6.07) is 18.2. The lowest BCUT2D eigenvalue weighted by atomic mass is 9.85. The van der Waals surface area contributed by atoms with E-state index in [4.69, 9.17) is 16.6 Å². The predicted octanol–water partition coefficient (Wildman–Crippen LogP) is 8.20. The van der Waals surface area contributed by atoms with Gasteiger partial charge in [0.25, 0.3) is 5.91 Å². The van der Waals surface area contributed by atoms with Crippen LogP contribution in [0.5, 0.6) is 0 Å². The number of amides is 5. The molecule has 380 valence electrons. The molecule has 3 aromatic carbocycles. The number of hydrogen-bond donors (Lipinski definition) is 4. The first-order valence-electron chi connectivity index (χ1n) is 24.5. The van der Waals surface area contributed by atoms with Crippen molar-refractivity contribution in [3.05, 3.63) is 133 Å². The van der Waals surface area contributed by atoms with Crippen LogP contribution in [-0.2, 0) is 32.3 Å². The van der Waals surface area contributed by atoms with Gasteiger partial charge in [-0.05, 0) is 92.5 Å². The smallest absolute Gasteiger partial charge is 0.254 e. The van der Waals surface area contributed by atoms with Gasteiger partial charge >= 0.3 is 0 Å². The van der Waals surface area contributed by atoms with Crippen LogP contribution in [0.15, 0.2) is 77.2 Å². The largest absolute Gasteiger partial charge is 0.391 e. The predicted molar refractivity (Wildman–Crippen MR) is 283 cm³/mol. The van der Waals surface area contributed by atoms with Crippen LogP contribution in [-0.4, -0.2) is 101 Å². The molecule has 4 atom stereocenters. The van der Waals surface area contributed by atoms with Crippen LogP contribution in [0.3, 0.4) is 0 Å². The molecule has 6 heterocycles. The Hall–Kier alpha value is -6.60. The Balaban J connectivity index is 0.775. The average molecular weight is 1040 g/mol. The number of β-amino-alcohol motifs (C(OH)–C–C–N with tert-alkyl or cyclic N) is 1. The Morgan fingerprint density at radius 3 is 2.38 bits per heavy atom. The Labute approximate surface area is 437 Å². The molecule has 3 aromatic heterocycles. The highest BCUT2D eigenvalue weighted by atomic mass is 35.5. The first-order chi connectivity index (χ1) is 34.8. The highest BCUT2D eigenvalue weighted by molar-refractivity contribution is 7.15.